The van der Waals surface area contributed by atoms with Crippen molar-refractivity contribution < 1.29 is 14.3 Å². The molecular formula is C15H27NO3. The van der Waals surface area contributed by atoms with Crippen molar-refractivity contribution in [1.82, 2.24) is 5.32 Å². The summed E-state index contributed by atoms with van der Waals surface area (Å²) in [7, 11) is 1.44. The minimum Gasteiger partial charge on any atom is -0.469 e. The summed E-state index contributed by atoms with van der Waals surface area (Å²) in [6.45, 7) is 3.60. The van der Waals surface area contributed by atoms with Crippen molar-refractivity contribution in [2.24, 2.45) is 5.41 Å². The lowest BCUT2D eigenvalue weighted by Gasteiger charge is -2.58. The van der Waals surface area contributed by atoms with Gasteiger partial charge in [0.25, 0.3) is 0 Å². The van der Waals surface area contributed by atoms with Crippen LogP contribution < -0.4 is 5.32 Å². The highest BCUT2D eigenvalue weighted by molar-refractivity contribution is 5.69. The summed E-state index contributed by atoms with van der Waals surface area (Å²) >= 11 is 0. The van der Waals surface area contributed by atoms with Crippen LogP contribution in [0.25, 0.3) is 0 Å². The molecule has 2 fully saturated rings. The predicted octanol–water partition coefficient (Wildman–Crippen LogP) is 2.27. The van der Waals surface area contributed by atoms with Gasteiger partial charge in [0.2, 0.25) is 0 Å². The predicted molar refractivity (Wildman–Crippen MR) is 74.0 cm³/mol. The van der Waals surface area contributed by atoms with Gasteiger partial charge in [-0.3, -0.25) is 4.79 Å². The molecule has 0 bridgehead atoms. The second-order valence-corrected chi connectivity index (χ2v) is 5.81. The molecule has 4 heteroatoms. The van der Waals surface area contributed by atoms with Crippen LogP contribution in [0, 0.1) is 5.41 Å². The molecule has 0 saturated heterocycles. The van der Waals surface area contributed by atoms with E-state index in [2.05, 4.69) is 17.0 Å². The lowest BCUT2D eigenvalue weighted by atomic mass is 9.55. The molecule has 2 unspecified atom stereocenters. The fourth-order valence-corrected chi connectivity index (χ4v) is 3.80. The van der Waals surface area contributed by atoms with Gasteiger partial charge in [0, 0.05) is 24.6 Å². The van der Waals surface area contributed by atoms with Gasteiger partial charge in [0.1, 0.15) is 0 Å². The van der Waals surface area contributed by atoms with Crippen molar-refractivity contribution in [3.05, 3.63) is 0 Å². The quantitative estimate of drug-likeness (QED) is 0.751. The number of carbonyl (C=O) groups excluding carboxylic acids is 1. The Kier molecular flexibility index (Phi) is 5.22. The Hall–Kier alpha value is -0.610. The van der Waals surface area contributed by atoms with Crippen LogP contribution in [0.4, 0.5) is 0 Å². The SMILES string of the molecule is CCOC1CC(NCCC(=O)OC)C12CCCCC2. The molecule has 2 atom stereocenters. The van der Waals surface area contributed by atoms with Crippen molar-refractivity contribution in [2.75, 3.05) is 20.3 Å². The van der Waals surface area contributed by atoms with Gasteiger partial charge in [-0.05, 0) is 26.2 Å². The zero-order chi connectivity index (χ0) is 13.7. The fourth-order valence-electron chi connectivity index (χ4n) is 3.80. The van der Waals surface area contributed by atoms with Crippen molar-refractivity contribution in [3.8, 4) is 0 Å². The van der Waals surface area contributed by atoms with Crippen molar-refractivity contribution in [2.45, 2.75) is 64.0 Å². The molecule has 2 saturated carbocycles. The summed E-state index contributed by atoms with van der Waals surface area (Å²) in [4.78, 5) is 11.1. The topological polar surface area (TPSA) is 47.6 Å². The van der Waals surface area contributed by atoms with Crippen LogP contribution in [0.3, 0.4) is 0 Å². The third kappa shape index (κ3) is 3.11. The lowest BCUT2D eigenvalue weighted by molar-refractivity contribution is -0.151. The molecule has 0 amide bonds. The van der Waals surface area contributed by atoms with Gasteiger partial charge < -0.3 is 14.8 Å². The molecule has 4 nitrogen and oxygen atoms in total. The highest BCUT2D eigenvalue weighted by Gasteiger charge is 2.55. The largest absolute Gasteiger partial charge is 0.469 e. The Morgan fingerprint density at radius 2 is 2.05 bits per heavy atom. The summed E-state index contributed by atoms with van der Waals surface area (Å²) in [5.41, 5.74) is 0.338. The third-order valence-electron chi connectivity index (χ3n) is 4.88. The zero-order valence-electron chi connectivity index (χ0n) is 12.2. The second-order valence-electron chi connectivity index (χ2n) is 5.81. The molecule has 0 radical (unpaired) electrons. The van der Waals surface area contributed by atoms with E-state index in [1.165, 1.54) is 39.2 Å². The Labute approximate surface area is 116 Å². The van der Waals surface area contributed by atoms with E-state index >= 15 is 0 Å². The minimum atomic E-state index is -0.133. The van der Waals surface area contributed by atoms with Crippen LogP contribution in [0.2, 0.25) is 0 Å². The second kappa shape index (κ2) is 6.71. The van der Waals surface area contributed by atoms with E-state index in [1.807, 2.05) is 0 Å². The summed E-state index contributed by atoms with van der Waals surface area (Å²) < 4.78 is 10.6. The maximum Gasteiger partial charge on any atom is 0.306 e. The van der Waals surface area contributed by atoms with Crippen molar-refractivity contribution in [3.63, 3.8) is 0 Å². The average Bonchev–Trinajstić information content (AvgIpc) is 2.46. The summed E-state index contributed by atoms with van der Waals surface area (Å²) in [5.74, 6) is -0.133. The number of nitrogens with one attached hydrogen (secondary N) is 1. The Morgan fingerprint density at radius 1 is 1.32 bits per heavy atom. The van der Waals surface area contributed by atoms with Gasteiger partial charge in [-0.1, -0.05) is 19.3 Å². The molecular weight excluding hydrogens is 242 g/mol. The van der Waals surface area contributed by atoms with Crippen LogP contribution in [-0.2, 0) is 14.3 Å². The summed E-state index contributed by atoms with van der Waals surface area (Å²) in [5, 5.41) is 3.55. The van der Waals surface area contributed by atoms with Gasteiger partial charge in [0.05, 0.1) is 19.6 Å². The van der Waals surface area contributed by atoms with Crippen LogP contribution >= 0.6 is 0 Å². The van der Waals surface area contributed by atoms with Crippen LogP contribution in [0.5, 0.6) is 0 Å². The number of esters is 1. The molecule has 2 rings (SSSR count). The lowest BCUT2D eigenvalue weighted by Crippen LogP contribution is -2.64. The van der Waals surface area contributed by atoms with Gasteiger partial charge in [-0.2, -0.15) is 0 Å². The Balaban J connectivity index is 1.84. The first-order valence-electron chi connectivity index (χ1n) is 7.64. The number of carbonyl (C=O) groups is 1. The third-order valence-corrected chi connectivity index (χ3v) is 4.88. The molecule has 1 N–H and O–H groups in total. The molecule has 1 spiro atoms. The van der Waals surface area contributed by atoms with Crippen molar-refractivity contribution >= 4 is 5.97 Å². The maximum absolute atomic E-state index is 11.1. The molecule has 110 valence electrons. The molecule has 0 aromatic heterocycles. The first kappa shape index (κ1) is 14.8. The number of methoxy groups -OCH3 is 1. The van der Waals surface area contributed by atoms with Crippen LogP contribution in [0.1, 0.15) is 51.9 Å². The van der Waals surface area contributed by atoms with E-state index < -0.39 is 0 Å². The molecule has 2 aliphatic carbocycles. The number of rotatable bonds is 6. The average molecular weight is 269 g/mol. The van der Waals surface area contributed by atoms with E-state index in [0.29, 0.717) is 24.0 Å². The fraction of sp³-hybridized carbons (Fsp3) is 0.933. The number of hydrogen-bond acceptors (Lipinski definition) is 4. The van der Waals surface area contributed by atoms with E-state index in [4.69, 9.17) is 4.74 Å². The van der Waals surface area contributed by atoms with Crippen LogP contribution in [-0.4, -0.2) is 38.4 Å². The summed E-state index contributed by atoms with van der Waals surface area (Å²) in [6.07, 6.45) is 8.51. The Morgan fingerprint density at radius 3 is 2.68 bits per heavy atom. The summed E-state index contributed by atoms with van der Waals surface area (Å²) in [6, 6.07) is 0.522. The molecule has 2 aliphatic rings. The van der Waals surface area contributed by atoms with E-state index in [9.17, 15) is 4.79 Å². The monoisotopic (exact) mass is 269 g/mol. The van der Waals surface area contributed by atoms with Gasteiger partial charge in [-0.25, -0.2) is 0 Å². The Bertz CT molecular complexity index is 300. The zero-order valence-corrected chi connectivity index (χ0v) is 12.2. The van der Waals surface area contributed by atoms with Crippen LogP contribution in [0.15, 0.2) is 0 Å². The van der Waals surface area contributed by atoms with Gasteiger partial charge in [-0.15, -0.1) is 0 Å². The van der Waals surface area contributed by atoms with E-state index in [-0.39, 0.29) is 5.97 Å². The molecule has 19 heavy (non-hydrogen) atoms. The number of ether oxygens (including phenoxy) is 2. The van der Waals surface area contributed by atoms with E-state index in [0.717, 1.165) is 19.6 Å². The number of hydrogen-bond donors (Lipinski definition) is 1. The van der Waals surface area contributed by atoms with E-state index in [1.54, 1.807) is 0 Å². The first-order chi connectivity index (χ1) is 9.23. The van der Waals surface area contributed by atoms with Gasteiger partial charge in [0.15, 0.2) is 0 Å². The standard InChI is InChI=1S/C15H27NO3/c1-3-19-13-11-12(16-10-7-14(17)18-2)15(13)8-5-4-6-9-15/h12-13,16H,3-11H2,1-2H3. The normalized spacial score (nSPS) is 28.9. The van der Waals surface area contributed by atoms with Gasteiger partial charge >= 0.3 is 5.97 Å². The highest BCUT2D eigenvalue weighted by Crippen LogP contribution is 2.53. The molecule has 0 aromatic carbocycles. The minimum absolute atomic E-state index is 0.133. The molecule has 0 aromatic rings. The first-order valence-corrected chi connectivity index (χ1v) is 7.64. The van der Waals surface area contributed by atoms with Crippen molar-refractivity contribution in [1.29, 1.82) is 0 Å². The highest BCUT2D eigenvalue weighted by atomic mass is 16.5. The molecule has 0 heterocycles. The smallest absolute Gasteiger partial charge is 0.306 e. The maximum atomic E-state index is 11.1. The molecule has 0 aliphatic heterocycles.